The second kappa shape index (κ2) is 10.7. The molecule has 0 aromatic carbocycles. The molecule has 29 heavy (non-hydrogen) atoms. The summed E-state index contributed by atoms with van der Waals surface area (Å²) in [6, 6.07) is -0.00910. The molecule has 0 aromatic rings. The molecule has 2 unspecified atom stereocenters. The third kappa shape index (κ3) is 5.33. The molecule has 2 atom stereocenters. The van der Waals surface area contributed by atoms with E-state index >= 15 is 0 Å². The predicted octanol–water partition coefficient (Wildman–Crippen LogP) is 5.22. The Morgan fingerprint density at radius 1 is 1.31 bits per heavy atom. The zero-order valence-corrected chi connectivity index (χ0v) is 17.9. The zero-order valence-electron chi connectivity index (χ0n) is 17.9. The maximum absolute atomic E-state index is 13.1. The van der Waals surface area contributed by atoms with Crippen LogP contribution in [0.3, 0.4) is 0 Å². The first-order valence-corrected chi connectivity index (χ1v) is 11.1. The first-order chi connectivity index (χ1) is 14.2. The topological polar surface area (TPSA) is 48.0 Å². The van der Waals surface area contributed by atoms with Gasteiger partial charge in [-0.15, -0.1) is 0 Å². The van der Waals surface area contributed by atoms with Crippen LogP contribution in [-0.2, 0) is 19.0 Å². The highest BCUT2D eigenvalue weighted by Gasteiger charge is 2.45. The molecule has 1 saturated heterocycles. The Morgan fingerprint density at radius 2 is 2.21 bits per heavy atom. The molecule has 2 aliphatic heterocycles. The second-order valence-corrected chi connectivity index (χ2v) is 8.19. The van der Waals surface area contributed by atoms with Crippen LogP contribution in [0, 0.1) is 5.41 Å². The molecule has 5 nitrogen and oxygen atoms in total. The smallest absolute Gasteiger partial charge is 0.313 e. The summed E-state index contributed by atoms with van der Waals surface area (Å²) in [5, 5.41) is 0. The maximum atomic E-state index is 13.1. The Balaban J connectivity index is 1.86. The lowest BCUT2D eigenvalue weighted by Gasteiger charge is -2.45. The van der Waals surface area contributed by atoms with Crippen molar-refractivity contribution in [2.24, 2.45) is 5.41 Å². The van der Waals surface area contributed by atoms with Gasteiger partial charge in [-0.2, -0.15) is 0 Å². The molecule has 2 heterocycles. The van der Waals surface area contributed by atoms with Gasteiger partial charge in [0.25, 0.3) is 0 Å². The average molecular weight is 402 g/mol. The number of carbonyl (C=O) groups excluding carboxylic acids is 1. The van der Waals surface area contributed by atoms with Gasteiger partial charge in [0, 0.05) is 6.54 Å². The lowest BCUT2D eigenvalue weighted by Crippen LogP contribution is -2.53. The van der Waals surface area contributed by atoms with Crippen molar-refractivity contribution in [1.29, 1.82) is 0 Å². The Labute approximate surface area is 175 Å². The summed E-state index contributed by atoms with van der Waals surface area (Å²) >= 11 is 0. The van der Waals surface area contributed by atoms with E-state index in [1.165, 1.54) is 5.57 Å². The van der Waals surface area contributed by atoms with E-state index in [0.29, 0.717) is 13.2 Å². The van der Waals surface area contributed by atoms with Crippen LogP contribution in [0.2, 0.25) is 0 Å². The van der Waals surface area contributed by atoms with E-state index in [1.807, 2.05) is 6.92 Å². The van der Waals surface area contributed by atoms with Crippen molar-refractivity contribution < 1.29 is 19.0 Å². The third-order valence-corrected chi connectivity index (χ3v) is 6.13. The van der Waals surface area contributed by atoms with Crippen molar-refractivity contribution in [1.82, 2.24) is 4.90 Å². The Morgan fingerprint density at radius 3 is 2.90 bits per heavy atom. The lowest BCUT2D eigenvalue weighted by molar-refractivity contribution is -0.160. The summed E-state index contributed by atoms with van der Waals surface area (Å²) in [4.78, 5) is 15.5. The van der Waals surface area contributed by atoms with Gasteiger partial charge < -0.3 is 14.2 Å². The molecule has 0 saturated carbocycles. The number of rotatable bonds is 9. The number of likely N-dealkylation sites (tertiary alicyclic amines) is 1. The number of hydrogen-bond donors (Lipinski definition) is 0. The normalized spacial score (nSPS) is 25.4. The summed E-state index contributed by atoms with van der Waals surface area (Å²) in [6.45, 7) is 6.16. The van der Waals surface area contributed by atoms with Crippen molar-refractivity contribution in [3.8, 4) is 0 Å². The first-order valence-electron chi connectivity index (χ1n) is 11.1. The molecule has 5 heteroatoms. The number of esters is 1. The van der Waals surface area contributed by atoms with Crippen LogP contribution in [0.15, 0.2) is 48.3 Å². The largest absolute Gasteiger partial charge is 0.466 e. The van der Waals surface area contributed by atoms with Gasteiger partial charge >= 0.3 is 5.97 Å². The number of unbranched alkanes of at least 4 members (excludes halogenated alkanes) is 2. The Kier molecular flexibility index (Phi) is 7.99. The standard InChI is InChI=1S/C24H35NO4/c1-3-5-9-13-24(23(26)28-4-2)14-10-15-25(19-24)22(20-11-7-6-8-12-20)21-18-27-16-17-29-21/h6-7,11,16-18,22H,3-5,8-10,12-15,19H2,1-2H3. The average Bonchev–Trinajstić information content (AvgIpc) is 2.76. The monoisotopic (exact) mass is 401 g/mol. The summed E-state index contributed by atoms with van der Waals surface area (Å²) in [5.74, 6) is 0.758. The number of allylic oxidation sites excluding steroid dienone is 3. The maximum Gasteiger partial charge on any atom is 0.313 e. The fourth-order valence-electron chi connectivity index (χ4n) is 4.71. The molecule has 3 rings (SSSR count). The van der Waals surface area contributed by atoms with E-state index in [9.17, 15) is 4.79 Å². The van der Waals surface area contributed by atoms with Crippen LogP contribution in [0.1, 0.15) is 65.2 Å². The zero-order chi connectivity index (χ0) is 20.5. The molecule has 1 aliphatic carbocycles. The van der Waals surface area contributed by atoms with Crippen LogP contribution in [-0.4, -0.2) is 36.6 Å². The summed E-state index contributed by atoms with van der Waals surface area (Å²) in [7, 11) is 0. The Hall–Kier alpha value is -2.01. The quantitative estimate of drug-likeness (QED) is 0.392. The third-order valence-electron chi connectivity index (χ3n) is 6.13. The Bertz CT molecular complexity index is 678. The molecule has 0 amide bonds. The van der Waals surface area contributed by atoms with Crippen LogP contribution < -0.4 is 0 Å². The molecule has 0 aromatic heterocycles. The highest BCUT2D eigenvalue weighted by molar-refractivity contribution is 5.77. The van der Waals surface area contributed by atoms with Crippen molar-refractivity contribution in [2.45, 2.75) is 71.3 Å². The molecular weight excluding hydrogens is 366 g/mol. The van der Waals surface area contributed by atoms with Gasteiger partial charge in [-0.1, -0.05) is 44.4 Å². The van der Waals surface area contributed by atoms with E-state index in [0.717, 1.165) is 63.7 Å². The van der Waals surface area contributed by atoms with Gasteiger partial charge in [-0.3, -0.25) is 9.69 Å². The van der Waals surface area contributed by atoms with Crippen molar-refractivity contribution >= 4 is 5.97 Å². The SMILES string of the molecule is CCCCCC1(C(=O)OCC)CCCN(C(C2=CC=CCC2)C2=COC=CO2)C1. The molecule has 160 valence electrons. The van der Waals surface area contributed by atoms with Gasteiger partial charge in [0.05, 0.1) is 18.1 Å². The fraction of sp³-hybridized carbons (Fsp3) is 0.625. The van der Waals surface area contributed by atoms with Crippen LogP contribution in [0.4, 0.5) is 0 Å². The van der Waals surface area contributed by atoms with Gasteiger partial charge in [0.1, 0.15) is 18.8 Å². The predicted molar refractivity (Wildman–Crippen MR) is 114 cm³/mol. The molecule has 0 radical (unpaired) electrons. The highest BCUT2D eigenvalue weighted by Crippen LogP contribution is 2.40. The van der Waals surface area contributed by atoms with Gasteiger partial charge in [-0.25, -0.2) is 0 Å². The van der Waals surface area contributed by atoms with E-state index < -0.39 is 5.41 Å². The number of nitrogens with zero attached hydrogens (tertiary/aromatic N) is 1. The van der Waals surface area contributed by atoms with Crippen LogP contribution >= 0.6 is 0 Å². The minimum absolute atomic E-state index is 0.00910. The molecule has 0 N–H and O–H groups in total. The minimum Gasteiger partial charge on any atom is -0.466 e. The molecule has 1 fully saturated rings. The summed E-state index contributed by atoms with van der Waals surface area (Å²) < 4.78 is 16.8. The van der Waals surface area contributed by atoms with E-state index in [2.05, 4.69) is 30.1 Å². The van der Waals surface area contributed by atoms with Crippen LogP contribution in [0.5, 0.6) is 0 Å². The molecule has 3 aliphatic rings. The van der Waals surface area contributed by atoms with Gasteiger partial charge in [0.15, 0.2) is 5.76 Å². The van der Waals surface area contributed by atoms with Crippen molar-refractivity contribution in [3.63, 3.8) is 0 Å². The summed E-state index contributed by atoms with van der Waals surface area (Å²) in [6.07, 6.45) is 19.5. The molecule has 0 bridgehead atoms. The van der Waals surface area contributed by atoms with Crippen molar-refractivity contribution in [2.75, 3.05) is 19.7 Å². The van der Waals surface area contributed by atoms with E-state index in [-0.39, 0.29) is 12.0 Å². The number of carbonyl (C=O) groups is 1. The first kappa shape index (κ1) is 21.7. The molecular formula is C24H35NO4. The second-order valence-electron chi connectivity index (χ2n) is 8.19. The van der Waals surface area contributed by atoms with E-state index in [4.69, 9.17) is 14.2 Å². The highest BCUT2D eigenvalue weighted by atomic mass is 16.5. The number of ether oxygens (including phenoxy) is 3. The molecule has 0 spiro atoms. The minimum atomic E-state index is -0.432. The lowest BCUT2D eigenvalue weighted by atomic mass is 9.74. The van der Waals surface area contributed by atoms with Crippen LogP contribution in [0.25, 0.3) is 0 Å². The van der Waals surface area contributed by atoms with Gasteiger partial charge in [-0.05, 0) is 51.1 Å². The van der Waals surface area contributed by atoms with E-state index in [1.54, 1.807) is 18.8 Å². The van der Waals surface area contributed by atoms with Gasteiger partial charge in [0.2, 0.25) is 0 Å². The summed E-state index contributed by atoms with van der Waals surface area (Å²) in [5.41, 5.74) is 0.879. The number of hydrogen-bond acceptors (Lipinski definition) is 5. The number of piperidine rings is 1. The fourth-order valence-corrected chi connectivity index (χ4v) is 4.71. The van der Waals surface area contributed by atoms with Crippen molar-refractivity contribution in [3.05, 3.63) is 48.3 Å².